The van der Waals surface area contributed by atoms with Crippen molar-refractivity contribution in [3.8, 4) is 0 Å². The second-order valence-corrected chi connectivity index (χ2v) is 3.03. The zero-order chi connectivity index (χ0) is 8.55. The first-order chi connectivity index (χ1) is 5.81. The first-order valence-electron chi connectivity index (χ1n) is 3.77. The van der Waals surface area contributed by atoms with Crippen LogP contribution in [0.2, 0.25) is 5.02 Å². The smallest absolute Gasteiger partial charge is 0.152 e. The molecule has 0 saturated heterocycles. The third-order valence-corrected chi connectivity index (χ3v) is 2.09. The minimum atomic E-state index is 0.658. The van der Waals surface area contributed by atoms with Gasteiger partial charge in [-0.2, -0.15) is 0 Å². The Morgan fingerprint density at radius 3 is 2.92 bits per heavy atom. The minimum absolute atomic E-state index is 0.658. The SMILES string of the molecule is [CH2]Cc1cc2cccc(Cl)c2o1. The van der Waals surface area contributed by atoms with Gasteiger partial charge in [-0.05, 0) is 19.1 Å². The van der Waals surface area contributed by atoms with E-state index < -0.39 is 0 Å². The van der Waals surface area contributed by atoms with Crippen LogP contribution in [0.4, 0.5) is 0 Å². The summed E-state index contributed by atoms with van der Waals surface area (Å²) in [6.45, 7) is 3.74. The Morgan fingerprint density at radius 1 is 1.42 bits per heavy atom. The van der Waals surface area contributed by atoms with Crippen LogP contribution in [0.25, 0.3) is 11.0 Å². The Morgan fingerprint density at radius 2 is 2.25 bits per heavy atom. The normalized spacial score (nSPS) is 10.8. The summed E-state index contributed by atoms with van der Waals surface area (Å²) in [7, 11) is 0. The molecule has 1 aromatic carbocycles. The van der Waals surface area contributed by atoms with Gasteiger partial charge >= 0.3 is 0 Å². The molecule has 0 amide bonds. The van der Waals surface area contributed by atoms with Crippen molar-refractivity contribution >= 4 is 22.6 Å². The predicted octanol–water partition coefficient (Wildman–Crippen LogP) is 3.46. The largest absolute Gasteiger partial charge is 0.460 e. The predicted molar refractivity (Wildman–Crippen MR) is 50.3 cm³/mol. The molecular weight excluding hydrogens is 172 g/mol. The van der Waals surface area contributed by atoms with E-state index >= 15 is 0 Å². The first-order valence-corrected chi connectivity index (χ1v) is 4.15. The third-order valence-electron chi connectivity index (χ3n) is 1.79. The lowest BCUT2D eigenvalue weighted by atomic mass is 10.2. The van der Waals surface area contributed by atoms with Gasteiger partial charge in [0.15, 0.2) is 5.58 Å². The fourth-order valence-corrected chi connectivity index (χ4v) is 1.42. The highest BCUT2D eigenvalue weighted by molar-refractivity contribution is 6.34. The molecule has 12 heavy (non-hydrogen) atoms. The van der Waals surface area contributed by atoms with Crippen molar-refractivity contribution in [2.45, 2.75) is 6.42 Å². The standard InChI is InChI=1S/C10H8ClO/c1-2-8-6-7-4-3-5-9(11)10(7)12-8/h3-6H,1-2H2. The summed E-state index contributed by atoms with van der Waals surface area (Å²) >= 11 is 5.91. The molecule has 2 aromatic rings. The quantitative estimate of drug-likeness (QED) is 0.654. The lowest BCUT2D eigenvalue weighted by Crippen LogP contribution is -1.68. The molecule has 2 rings (SSSR count). The number of hydrogen-bond donors (Lipinski definition) is 0. The molecule has 0 spiro atoms. The highest BCUT2D eigenvalue weighted by Gasteiger charge is 2.04. The average Bonchev–Trinajstić information content (AvgIpc) is 2.49. The van der Waals surface area contributed by atoms with Crippen molar-refractivity contribution in [3.05, 3.63) is 42.0 Å². The van der Waals surface area contributed by atoms with Crippen LogP contribution in [0.3, 0.4) is 0 Å². The molecule has 0 aliphatic heterocycles. The number of furan rings is 1. The topological polar surface area (TPSA) is 13.1 Å². The fraction of sp³-hybridized carbons (Fsp3) is 0.100. The van der Waals surface area contributed by atoms with Crippen molar-refractivity contribution in [2.75, 3.05) is 0 Å². The average molecular weight is 180 g/mol. The molecule has 0 bridgehead atoms. The summed E-state index contributed by atoms with van der Waals surface area (Å²) in [6.07, 6.45) is 0.658. The molecule has 1 heterocycles. The Labute approximate surface area is 75.9 Å². The van der Waals surface area contributed by atoms with Crippen molar-refractivity contribution in [1.29, 1.82) is 0 Å². The molecule has 0 N–H and O–H groups in total. The number of rotatable bonds is 1. The molecule has 1 radical (unpaired) electrons. The minimum Gasteiger partial charge on any atom is -0.460 e. The molecule has 0 unspecified atom stereocenters. The van der Waals surface area contributed by atoms with Crippen molar-refractivity contribution < 1.29 is 4.42 Å². The first kappa shape index (κ1) is 7.69. The van der Waals surface area contributed by atoms with E-state index in [0.29, 0.717) is 11.4 Å². The van der Waals surface area contributed by atoms with Crippen LogP contribution in [0, 0.1) is 6.92 Å². The third kappa shape index (κ3) is 1.10. The Bertz CT molecular complexity index is 403. The number of para-hydroxylation sites is 1. The van der Waals surface area contributed by atoms with Gasteiger partial charge in [0.2, 0.25) is 0 Å². The van der Waals surface area contributed by atoms with Crippen LogP contribution in [-0.4, -0.2) is 0 Å². The van der Waals surface area contributed by atoms with Gasteiger partial charge in [-0.15, -0.1) is 0 Å². The Kier molecular flexibility index (Phi) is 1.81. The van der Waals surface area contributed by atoms with Gasteiger partial charge in [-0.25, -0.2) is 0 Å². The van der Waals surface area contributed by atoms with Crippen LogP contribution in [0.1, 0.15) is 5.76 Å². The zero-order valence-electron chi connectivity index (χ0n) is 6.51. The molecule has 0 aliphatic carbocycles. The van der Waals surface area contributed by atoms with Gasteiger partial charge in [0.1, 0.15) is 5.76 Å². The van der Waals surface area contributed by atoms with E-state index in [2.05, 4.69) is 6.92 Å². The monoisotopic (exact) mass is 179 g/mol. The van der Waals surface area contributed by atoms with Crippen LogP contribution < -0.4 is 0 Å². The molecule has 61 valence electrons. The molecule has 0 fully saturated rings. The molecule has 0 aliphatic rings. The number of hydrogen-bond acceptors (Lipinski definition) is 1. The van der Waals surface area contributed by atoms with Crippen LogP contribution >= 0.6 is 11.6 Å². The molecular formula is C10H8ClO. The lowest BCUT2D eigenvalue weighted by molar-refractivity contribution is 0.565. The molecule has 2 heteroatoms. The van der Waals surface area contributed by atoms with Crippen molar-refractivity contribution in [1.82, 2.24) is 0 Å². The Hall–Kier alpha value is -0.950. The summed E-state index contributed by atoms with van der Waals surface area (Å²) in [5.74, 6) is 0.873. The van der Waals surface area contributed by atoms with Gasteiger partial charge in [-0.3, -0.25) is 0 Å². The van der Waals surface area contributed by atoms with Gasteiger partial charge in [-0.1, -0.05) is 23.7 Å². The van der Waals surface area contributed by atoms with Gasteiger partial charge in [0.25, 0.3) is 0 Å². The second-order valence-electron chi connectivity index (χ2n) is 2.62. The number of halogens is 1. The van der Waals surface area contributed by atoms with Gasteiger partial charge in [0.05, 0.1) is 5.02 Å². The maximum absolute atomic E-state index is 5.91. The van der Waals surface area contributed by atoms with E-state index in [1.807, 2.05) is 24.3 Å². The summed E-state index contributed by atoms with van der Waals surface area (Å²) in [6, 6.07) is 7.67. The van der Waals surface area contributed by atoms with Crippen molar-refractivity contribution in [2.24, 2.45) is 0 Å². The number of benzene rings is 1. The Balaban J connectivity index is 2.74. The van der Waals surface area contributed by atoms with Crippen LogP contribution in [0.15, 0.2) is 28.7 Å². The number of fused-ring (bicyclic) bond motifs is 1. The molecule has 0 saturated carbocycles. The molecule has 1 aromatic heterocycles. The summed E-state index contributed by atoms with van der Waals surface area (Å²) < 4.78 is 5.45. The lowest BCUT2D eigenvalue weighted by Gasteiger charge is -1.89. The maximum atomic E-state index is 5.91. The highest BCUT2D eigenvalue weighted by atomic mass is 35.5. The van der Waals surface area contributed by atoms with E-state index in [9.17, 15) is 0 Å². The summed E-state index contributed by atoms with van der Waals surface area (Å²) in [4.78, 5) is 0. The van der Waals surface area contributed by atoms with Gasteiger partial charge in [0, 0.05) is 11.8 Å². The second kappa shape index (κ2) is 2.83. The summed E-state index contributed by atoms with van der Waals surface area (Å²) in [5.41, 5.74) is 0.762. The van der Waals surface area contributed by atoms with E-state index in [0.717, 1.165) is 16.7 Å². The molecule has 1 nitrogen and oxygen atoms in total. The van der Waals surface area contributed by atoms with E-state index in [1.54, 1.807) is 0 Å². The highest BCUT2D eigenvalue weighted by Crippen LogP contribution is 2.26. The van der Waals surface area contributed by atoms with Crippen LogP contribution in [0.5, 0.6) is 0 Å². The van der Waals surface area contributed by atoms with E-state index in [-0.39, 0.29) is 0 Å². The van der Waals surface area contributed by atoms with E-state index in [4.69, 9.17) is 16.0 Å². The van der Waals surface area contributed by atoms with E-state index in [1.165, 1.54) is 0 Å². The summed E-state index contributed by atoms with van der Waals surface area (Å²) in [5, 5.41) is 1.70. The zero-order valence-corrected chi connectivity index (χ0v) is 7.27. The van der Waals surface area contributed by atoms with Crippen LogP contribution in [-0.2, 0) is 6.42 Å². The van der Waals surface area contributed by atoms with Gasteiger partial charge < -0.3 is 4.42 Å². The van der Waals surface area contributed by atoms with Crippen molar-refractivity contribution in [3.63, 3.8) is 0 Å². The maximum Gasteiger partial charge on any atom is 0.152 e. The fourth-order valence-electron chi connectivity index (χ4n) is 1.20. The molecule has 0 atom stereocenters.